The van der Waals surface area contributed by atoms with Crippen molar-refractivity contribution in [1.29, 1.82) is 0 Å². The van der Waals surface area contributed by atoms with Gasteiger partial charge in [-0.15, -0.1) is 0 Å². The average molecular weight is 439 g/mol. The molecular weight excluding hydrogens is 414 g/mol. The Hall–Kier alpha value is -3.63. The van der Waals surface area contributed by atoms with Crippen LogP contribution in [0.1, 0.15) is 27.7 Å². The second-order valence-corrected chi connectivity index (χ2v) is 6.27. The van der Waals surface area contributed by atoms with Gasteiger partial charge in [0.05, 0.1) is 7.11 Å². The van der Waals surface area contributed by atoms with E-state index in [0.717, 1.165) is 27.7 Å². The highest BCUT2D eigenvalue weighted by molar-refractivity contribution is 5.96. The molecule has 0 unspecified atom stereocenters. The summed E-state index contributed by atoms with van der Waals surface area (Å²) >= 11 is 0. The van der Waals surface area contributed by atoms with Gasteiger partial charge in [0.25, 0.3) is 5.91 Å². The Morgan fingerprint density at radius 3 is 1.81 bits per heavy atom. The third-order valence-electron chi connectivity index (χ3n) is 3.64. The molecule has 0 aromatic heterocycles. The van der Waals surface area contributed by atoms with Crippen LogP contribution in [-0.2, 0) is 42.9 Å². The van der Waals surface area contributed by atoms with Gasteiger partial charge in [0.1, 0.15) is 12.4 Å². The molecule has 31 heavy (non-hydrogen) atoms. The number of nitrogens with one attached hydrogen (secondary N) is 1. The van der Waals surface area contributed by atoms with E-state index in [-0.39, 0.29) is 0 Å². The van der Waals surface area contributed by atoms with E-state index in [1.54, 1.807) is 12.1 Å². The minimum atomic E-state index is -1.72. The Labute approximate surface area is 178 Å². The van der Waals surface area contributed by atoms with Gasteiger partial charge in [0.2, 0.25) is 6.10 Å². The lowest BCUT2D eigenvalue weighted by atomic mass is 10.1. The van der Waals surface area contributed by atoms with Gasteiger partial charge >= 0.3 is 23.9 Å². The maximum absolute atomic E-state index is 12.9. The van der Waals surface area contributed by atoms with Crippen LogP contribution in [0.3, 0.4) is 0 Å². The molecular formula is C20H25NO10. The van der Waals surface area contributed by atoms with E-state index in [2.05, 4.69) is 5.32 Å². The average Bonchev–Trinajstić information content (AvgIpc) is 2.67. The summed E-state index contributed by atoms with van der Waals surface area (Å²) in [6.07, 6.45) is -4.73. The number of anilines is 1. The fourth-order valence-corrected chi connectivity index (χ4v) is 2.47. The molecule has 0 aliphatic carbocycles. The number of carbonyl (C=O) groups excluding carboxylic acids is 5. The highest BCUT2D eigenvalue weighted by Crippen LogP contribution is 2.19. The predicted molar refractivity (Wildman–Crippen MR) is 105 cm³/mol. The summed E-state index contributed by atoms with van der Waals surface area (Å²) in [5.74, 6) is -3.53. The second-order valence-electron chi connectivity index (χ2n) is 6.27. The number of hydrogen-bond acceptors (Lipinski definition) is 10. The molecule has 11 heteroatoms. The molecule has 170 valence electrons. The van der Waals surface area contributed by atoms with Crippen molar-refractivity contribution in [3.05, 3.63) is 24.3 Å². The summed E-state index contributed by atoms with van der Waals surface area (Å²) < 4.78 is 25.2. The zero-order valence-electron chi connectivity index (χ0n) is 17.8. The lowest BCUT2D eigenvalue weighted by Gasteiger charge is -2.30. The quantitative estimate of drug-likeness (QED) is 0.414. The summed E-state index contributed by atoms with van der Waals surface area (Å²) in [6, 6.07) is 6.24. The van der Waals surface area contributed by atoms with Crippen molar-refractivity contribution in [3.63, 3.8) is 0 Å². The van der Waals surface area contributed by atoms with Gasteiger partial charge in [0.15, 0.2) is 12.2 Å². The molecule has 0 saturated heterocycles. The molecule has 0 bridgehead atoms. The topological polar surface area (TPSA) is 144 Å². The van der Waals surface area contributed by atoms with Crippen molar-refractivity contribution in [3.8, 4) is 5.75 Å². The summed E-state index contributed by atoms with van der Waals surface area (Å²) in [4.78, 5) is 58.9. The van der Waals surface area contributed by atoms with E-state index < -0.39 is 54.7 Å². The molecule has 1 rings (SSSR count). The molecule has 3 atom stereocenters. The smallest absolute Gasteiger partial charge is 0.303 e. The zero-order valence-corrected chi connectivity index (χ0v) is 17.8. The van der Waals surface area contributed by atoms with Gasteiger partial charge in [0, 0.05) is 33.4 Å². The molecule has 1 amide bonds. The van der Waals surface area contributed by atoms with Crippen molar-refractivity contribution in [1.82, 2.24) is 0 Å². The maximum Gasteiger partial charge on any atom is 0.303 e. The van der Waals surface area contributed by atoms with Gasteiger partial charge in [-0.25, -0.2) is 0 Å². The van der Waals surface area contributed by atoms with Gasteiger partial charge in [-0.2, -0.15) is 0 Å². The molecule has 1 N–H and O–H groups in total. The molecule has 0 heterocycles. The van der Waals surface area contributed by atoms with E-state index in [4.69, 9.17) is 23.7 Å². The van der Waals surface area contributed by atoms with Crippen molar-refractivity contribution >= 4 is 35.5 Å². The van der Waals surface area contributed by atoms with Gasteiger partial charge in [-0.3, -0.25) is 24.0 Å². The third-order valence-corrected chi connectivity index (χ3v) is 3.64. The minimum Gasteiger partial charge on any atom is -0.497 e. The summed E-state index contributed by atoms with van der Waals surface area (Å²) in [7, 11) is 1.48. The van der Waals surface area contributed by atoms with Crippen LogP contribution >= 0.6 is 0 Å². The summed E-state index contributed by atoms with van der Waals surface area (Å²) in [6.45, 7) is 3.75. The van der Waals surface area contributed by atoms with Gasteiger partial charge in [-0.1, -0.05) is 0 Å². The molecule has 1 aromatic rings. The van der Waals surface area contributed by atoms with Crippen LogP contribution in [0.5, 0.6) is 5.75 Å². The standard InChI is InChI=1S/C20H25NO10/c1-11(22)28-10-17(29-12(2)23)18(30-13(3)24)19(31-14(4)25)20(26)21-15-6-8-16(27-5)9-7-15/h6-9,17-19H,10H2,1-5H3,(H,21,26)/t17-,18+,19-/m1/s1. The number of methoxy groups -OCH3 is 1. The van der Waals surface area contributed by atoms with Crippen molar-refractivity contribution in [2.75, 3.05) is 19.0 Å². The van der Waals surface area contributed by atoms with E-state index in [9.17, 15) is 24.0 Å². The van der Waals surface area contributed by atoms with Crippen molar-refractivity contribution < 1.29 is 47.7 Å². The number of rotatable bonds is 10. The highest BCUT2D eigenvalue weighted by Gasteiger charge is 2.42. The molecule has 11 nitrogen and oxygen atoms in total. The monoisotopic (exact) mass is 439 g/mol. The normalized spacial score (nSPS) is 13.1. The SMILES string of the molecule is COc1ccc(NC(=O)[C@H](OC(C)=O)[C@@H](OC(C)=O)[C@@H](COC(C)=O)OC(C)=O)cc1. The number of esters is 4. The molecule has 0 fully saturated rings. The summed E-state index contributed by atoms with van der Waals surface area (Å²) in [5.41, 5.74) is 0.327. The Bertz CT molecular complexity index is 805. The number of carbonyl (C=O) groups is 5. The number of hydrogen-bond donors (Lipinski definition) is 1. The zero-order chi connectivity index (χ0) is 23.6. The first kappa shape index (κ1) is 25.4. The molecule has 0 spiro atoms. The number of amides is 1. The molecule has 0 radical (unpaired) electrons. The minimum absolute atomic E-state index is 0.327. The van der Waals surface area contributed by atoms with Gasteiger partial charge in [-0.05, 0) is 24.3 Å². The fourth-order valence-electron chi connectivity index (χ4n) is 2.47. The van der Waals surface area contributed by atoms with Crippen LogP contribution in [0, 0.1) is 0 Å². The van der Waals surface area contributed by atoms with Crippen LogP contribution < -0.4 is 10.1 Å². The Kier molecular flexibility index (Phi) is 9.96. The van der Waals surface area contributed by atoms with E-state index in [1.165, 1.54) is 19.2 Å². The maximum atomic E-state index is 12.9. The lowest BCUT2D eigenvalue weighted by Crippen LogP contribution is -2.52. The lowest BCUT2D eigenvalue weighted by molar-refractivity contribution is -0.190. The first-order chi connectivity index (χ1) is 14.5. The number of benzene rings is 1. The van der Waals surface area contributed by atoms with Crippen LogP contribution in [-0.4, -0.2) is 61.8 Å². The Morgan fingerprint density at radius 2 is 1.35 bits per heavy atom. The predicted octanol–water partition coefficient (Wildman–Crippen LogP) is 0.992. The van der Waals surface area contributed by atoms with E-state index in [0.29, 0.717) is 11.4 Å². The van der Waals surface area contributed by atoms with Crippen LogP contribution in [0.2, 0.25) is 0 Å². The Balaban J connectivity index is 3.25. The highest BCUT2D eigenvalue weighted by atomic mass is 16.6. The fraction of sp³-hybridized carbons (Fsp3) is 0.450. The van der Waals surface area contributed by atoms with Crippen LogP contribution in [0.25, 0.3) is 0 Å². The van der Waals surface area contributed by atoms with Crippen LogP contribution in [0.4, 0.5) is 5.69 Å². The summed E-state index contributed by atoms with van der Waals surface area (Å²) in [5, 5.41) is 2.51. The van der Waals surface area contributed by atoms with Crippen LogP contribution in [0.15, 0.2) is 24.3 Å². The molecule has 0 aliphatic rings. The Morgan fingerprint density at radius 1 is 0.806 bits per heavy atom. The first-order valence-electron chi connectivity index (χ1n) is 9.13. The molecule has 0 saturated carbocycles. The first-order valence-corrected chi connectivity index (χ1v) is 9.13. The number of ether oxygens (including phenoxy) is 5. The van der Waals surface area contributed by atoms with E-state index in [1.807, 2.05) is 0 Å². The van der Waals surface area contributed by atoms with Crippen molar-refractivity contribution in [2.24, 2.45) is 0 Å². The third kappa shape index (κ3) is 9.15. The largest absolute Gasteiger partial charge is 0.497 e. The van der Waals surface area contributed by atoms with Gasteiger partial charge < -0.3 is 29.0 Å². The molecule has 1 aromatic carbocycles. The van der Waals surface area contributed by atoms with E-state index >= 15 is 0 Å². The van der Waals surface area contributed by atoms with Crippen molar-refractivity contribution in [2.45, 2.75) is 46.0 Å². The molecule has 0 aliphatic heterocycles. The second kappa shape index (κ2) is 12.2.